The summed E-state index contributed by atoms with van der Waals surface area (Å²) < 4.78 is 5.19. The molecular weight excluding hydrogens is 272 g/mol. The molecule has 0 amide bonds. The molecule has 4 nitrogen and oxygen atoms in total. The van der Waals surface area contributed by atoms with Gasteiger partial charge in [-0.15, -0.1) is 0 Å². The van der Waals surface area contributed by atoms with E-state index < -0.39 is 0 Å². The van der Waals surface area contributed by atoms with Crippen LogP contribution in [0, 0.1) is 5.92 Å². The monoisotopic (exact) mass is 300 g/mol. The Hall–Kier alpha value is -0.650. The second-order valence-corrected chi connectivity index (χ2v) is 6.67. The molecule has 0 saturated carbocycles. The number of ether oxygens (including phenoxy) is 1. The summed E-state index contributed by atoms with van der Waals surface area (Å²) >= 11 is 1.61. The quantitative estimate of drug-likeness (QED) is 0.760. The van der Waals surface area contributed by atoms with Crippen molar-refractivity contribution in [2.75, 3.05) is 31.7 Å². The van der Waals surface area contributed by atoms with E-state index in [1.54, 1.807) is 18.4 Å². The molecule has 1 N–H and O–H groups in total. The topological polar surface area (TPSA) is 45.6 Å². The van der Waals surface area contributed by atoms with Gasteiger partial charge in [0.2, 0.25) is 0 Å². The van der Waals surface area contributed by atoms with Crippen LogP contribution in [-0.4, -0.2) is 36.9 Å². The maximum Gasteiger partial charge on any atom is 0.185 e. The van der Waals surface area contributed by atoms with Crippen LogP contribution in [0.3, 0.4) is 0 Å². The van der Waals surface area contributed by atoms with Crippen molar-refractivity contribution in [1.82, 2.24) is 4.98 Å². The first-order valence-corrected chi connectivity index (χ1v) is 8.19. The smallest absolute Gasteiger partial charge is 0.185 e. The first-order chi connectivity index (χ1) is 9.53. The Morgan fingerprint density at radius 1 is 1.35 bits per heavy atom. The lowest BCUT2D eigenvalue weighted by Crippen LogP contribution is -2.30. The van der Waals surface area contributed by atoms with E-state index in [0.717, 1.165) is 35.2 Å². The Morgan fingerprint density at radius 3 is 2.55 bits per heavy atom. The lowest BCUT2D eigenvalue weighted by Gasteiger charge is -2.23. The van der Waals surface area contributed by atoms with Gasteiger partial charge in [0.25, 0.3) is 0 Å². The van der Waals surface area contributed by atoms with E-state index in [1.165, 1.54) is 0 Å². The van der Waals surface area contributed by atoms with Crippen molar-refractivity contribution in [3.05, 3.63) is 10.6 Å². The molecule has 5 heteroatoms. The van der Waals surface area contributed by atoms with Crippen molar-refractivity contribution in [2.24, 2.45) is 5.92 Å². The highest BCUT2D eigenvalue weighted by Gasteiger charge is 2.19. The first kappa shape index (κ1) is 17.4. The van der Waals surface area contributed by atoms with Gasteiger partial charge in [-0.2, -0.15) is 0 Å². The van der Waals surface area contributed by atoms with Crippen LogP contribution in [0.25, 0.3) is 0 Å². The highest BCUT2D eigenvalue weighted by molar-refractivity contribution is 7.15. The van der Waals surface area contributed by atoms with Gasteiger partial charge in [0.05, 0.1) is 23.8 Å². The van der Waals surface area contributed by atoms with Gasteiger partial charge in [-0.25, -0.2) is 4.98 Å². The minimum atomic E-state index is 0.0805. The molecule has 0 saturated heterocycles. The number of rotatable bonds is 9. The number of aromatic nitrogens is 1. The predicted molar refractivity (Wildman–Crippen MR) is 85.7 cm³/mol. The number of hydrogen-bond donors (Lipinski definition) is 1. The van der Waals surface area contributed by atoms with Crippen LogP contribution in [0.2, 0.25) is 0 Å². The summed E-state index contributed by atoms with van der Waals surface area (Å²) in [6, 6.07) is 0. The van der Waals surface area contributed by atoms with Crippen LogP contribution in [0.4, 0.5) is 5.13 Å². The van der Waals surface area contributed by atoms with Gasteiger partial charge in [-0.3, -0.25) is 0 Å². The third-order valence-corrected chi connectivity index (χ3v) is 4.48. The SMILES string of the molecule is CCC(C)c1nc(N(CCOC)CC(C)C)sc1CO. The van der Waals surface area contributed by atoms with Gasteiger partial charge in [-0.1, -0.05) is 39.0 Å². The number of anilines is 1. The Kier molecular flexibility index (Phi) is 7.48. The molecule has 0 spiro atoms. The number of aliphatic hydroxyl groups is 1. The van der Waals surface area contributed by atoms with Crippen LogP contribution < -0.4 is 4.90 Å². The second kappa shape index (κ2) is 8.60. The molecule has 1 aromatic heterocycles. The highest BCUT2D eigenvalue weighted by Crippen LogP contribution is 2.32. The fourth-order valence-corrected chi connectivity index (χ4v) is 3.16. The summed E-state index contributed by atoms with van der Waals surface area (Å²) in [7, 11) is 1.72. The van der Waals surface area contributed by atoms with Gasteiger partial charge < -0.3 is 14.7 Å². The number of thiazole rings is 1. The zero-order chi connectivity index (χ0) is 15.1. The van der Waals surface area contributed by atoms with E-state index >= 15 is 0 Å². The zero-order valence-electron chi connectivity index (χ0n) is 13.3. The molecule has 1 atom stereocenters. The van der Waals surface area contributed by atoms with Crippen molar-refractivity contribution in [3.63, 3.8) is 0 Å². The second-order valence-electron chi connectivity index (χ2n) is 5.60. The molecule has 0 bridgehead atoms. The molecule has 0 aliphatic rings. The van der Waals surface area contributed by atoms with Crippen LogP contribution in [-0.2, 0) is 11.3 Å². The molecule has 0 radical (unpaired) electrons. The maximum atomic E-state index is 9.54. The average molecular weight is 300 g/mol. The van der Waals surface area contributed by atoms with E-state index in [0.29, 0.717) is 18.4 Å². The first-order valence-electron chi connectivity index (χ1n) is 7.37. The molecule has 1 heterocycles. The van der Waals surface area contributed by atoms with Crippen LogP contribution in [0.15, 0.2) is 0 Å². The standard InChI is InChI=1S/C15H28N2O2S/c1-6-12(4)14-13(10-18)20-15(16-14)17(7-8-19-5)9-11(2)3/h11-12,18H,6-10H2,1-5H3. The van der Waals surface area contributed by atoms with E-state index in [2.05, 4.69) is 32.6 Å². The molecule has 0 aliphatic carbocycles. The third kappa shape index (κ3) is 4.72. The molecule has 0 aromatic carbocycles. The number of hydrogen-bond acceptors (Lipinski definition) is 5. The van der Waals surface area contributed by atoms with Crippen molar-refractivity contribution in [2.45, 2.75) is 46.6 Å². The number of aliphatic hydroxyl groups excluding tert-OH is 1. The average Bonchev–Trinajstić information content (AvgIpc) is 2.86. The van der Waals surface area contributed by atoms with Gasteiger partial charge in [0.15, 0.2) is 5.13 Å². The van der Waals surface area contributed by atoms with Crippen molar-refractivity contribution in [1.29, 1.82) is 0 Å². The summed E-state index contributed by atoms with van der Waals surface area (Å²) in [6.45, 7) is 11.3. The largest absolute Gasteiger partial charge is 0.391 e. The lowest BCUT2D eigenvalue weighted by molar-refractivity contribution is 0.204. The van der Waals surface area contributed by atoms with Gasteiger partial charge >= 0.3 is 0 Å². The van der Waals surface area contributed by atoms with Crippen LogP contribution in [0.5, 0.6) is 0 Å². The van der Waals surface area contributed by atoms with Gasteiger partial charge in [0, 0.05) is 20.2 Å². The molecular formula is C15H28N2O2S. The normalized spacial score (nSPS) is 12.9. The lowest BCUT2D eigenvalue weighted by atomic mass is 10.0. The number of nitrogens with zero attached hydrogens (tertiary/aromatic N) is 2. The van der Waals surface area contributed by atoms with Crippen LogP contribution in [0.1, 0.15) is 50.6 Å². The van der Waals surface area contributed by atoms with Gasteiger partial charge in [0.1, 0.15) is 0 Å². The molecule has 0 aliphatic heterocycles. The summed E-state index contributed by atoms with van der Waals surface area (Å²) in [4.78, 5) is 8.06. The van der Waals surface area contributed by atoms with E-state index in [1.807, 2.05) is 0 Å². The van der Waals surface area contributed by atoms with E-state index in [-0.39, 0.29) is 6.61 Å². The molecule has 20 heavy (non-hydrogen) atoms. The molecule has 1 unspecified atom stereocenters. The Morgan fingerprint density at radius 2 is 2.05 bits per heavy atom. The van der Waals surface area contributed by atoms with E-state index in [4.69, 9.17) is 9.72 Å². The Labute approximate surface area is 126 Å². The van der Waals surface area contributed by atoms with Crippen LogP contribution >= 0.6 is 11.3 Å². The van der Waals surface area contributed by atoms with Crippen molar-refractivity contribution >= 4 is 16.5 Å². The molecule has 0 fully saturated rings. The minimum Gasteiger partial charge on any atom is -0.391 e. The minimum absolute atomic E-state index is 0.0805. The fourth-order valence-electron chi connectivity index (χ4n) is 2.08. The molecule has 1 rings (SSSR count). The third-order valence-electron chi connectivity index (χ3n) is 3.36. The van der Waals surface area contributed by atoms with Gasteiger partial charge in [-0.05, 0) is 18.3 Å². The van der Waals surface area contributed by atoms with E-state index in [9.17, 15) is 5.11 Å². The summed E-state index contributed by atoms with van der Waals surface area (Å²) in [6.07, 6.45) is 1.04. The number of methoxy groups -OCH3 is 1. The molecule has 116 valence electrons. The fraction of sp³-hybridized carbons (Fsp3) is 0.800. The maximum absolute atomic E-state index is 9.54. The Bertz CT molecular complexity index is 393. The Balaban J connectivity index is 2.97. The summed E-state index contributed by atoms with van der Waals surface area (Å²) in [5.74, 6) is 0.964. The summed E-state index contributed by atoms with van der Waals surface area (Å²) in [5.41, 5.74) is 1.06. The van der Waals surface area contributed by atoms with Crippen molar-refractivity contribution < 1.29 is 9.84 Å². The molecule has 1 aromatic rings. The highest BCUT2D eigenvalue weighted by atomic mass is 32.1. The zero-order valence-corrected chi connectivity index (χ0v) is 14.2. The predicted octanol–water partition coefficient (Wildman–Crippen LogP) is 3.26. The van der Waals surface area contributed by atoms with Crippen molar-refractivity contribution in [3.8, 4) is 0 Å². The summed E-state index contributed by atoms with van der Waals surface area (Å²) in [5, 5.41) is 10.6.